The molecule has 0 spiro atoms. The Bertz CT molecular complexity index is 453. The number of nitrogens with zero attached hydrogens (tertiary/aromatic N) is 1. The predicted molar refractivity (Wildman–Crippen MR) is 76.7 cm³/mol. The Morgan fingerprint density at radius 3 is 2.89 bits per heavy atom. The van der Waals surface area contributed by atoms with Crippen molar-refractivity contribution >= 4 is 5.96 Å². The van der Waals surface area contributed by atoms with Crippen LogP contribution in [-0.2, 0) is 6.42 Å². The molecular formula is C15H22FN3. The van der Waals surface area contributed by atoms with E-state index in [9.17, 15) is 4.39 Å². The zero-order valence-corrected chi connectivity index (χ0v) is 11.5. The molecule has 0 heterocycles. The van der Waals surface area contributed by atoms with Crippen molar-refractivity contribution in [3.63, 3.8) is 0 Å². The van der Waals surface area contributed by atoms with Crippen LogP contribution in [0.2, 0.25) is 0 Å². The monoisotopic (exact) mass is 263 g/mol. The van der Waals surface area contributed by atoms with E-state index in [4.69, 9.17) is 5.73 Å². The van der Waals surface area contributed by atoms with E-state index >= 15 is 0 Å². The van der Waals surface area contributed by atoms with Crippen molar-refractivity contribution in [3.05, 3.63) is 35.1 Å². The maximum Gasteiger partial charge on any atom is 0.188 e. The molecule has 0 saturated heterocycles. The third kappa shape index (κ3) is 4.23. The quantitative estimate of drug-likeness (QED) is 0.633. The summed E-state index contributed by atoms with van der Waals surface area (Å²) < 4.78 is 13.0. The van der Waals surface area contributed by atoms with Gasteiger partial charge in [-0.2, -0.15) is 0 Å². The van der Waals surface area contributed by atoms with Gasteiger partial charge in [0.05, 0.1) is 0 Å². The third-order valence-corrected chi connectivity index (χ3v) is 3.75. The third-order valence-electron chi connectivity index (χ3n) is 3.75. The molecule has 3 nitrogen and oxygen atoms in total. The van der Waals surface area contributed by atoms with Crippen LogP contribution in [0.15, 0.2) is 23.2 Å². The molecule has 104 valence electrons. The van der Waals surface area contributed by atoms with Gasteiger partial charge < -0.3 is 11.1 Å². The lowest BCUT2D eigenvalue weighted by Crippen LogP contribution is -2.34. The zero-order chi connectivity index (χ0) is 13.7. The van der Waals surface area contributed by atoms with Crippen LogP contribution in [-0.4, -0.2) is 19.0 Å². The number of nitrogens with two attached hydrogens (primary N) is 1. The number of aryl methyl sites for hydroxylation is 1. The Morgan fingerprint density at radius 2 is 2.26 bits per heavy atom. The Morgan fingerprint density at radius 1 is 1.47 bits per heavy atom. The summed E-state index contributed by atoms with van der Waals surface area (Å²) in [6.07, 6.45) is 4.72. The summed E-state index contributed by atoms with van der Waals surface area (Å²) in [5, 5.41) is 3.11. The van der Waals surface area contributed by atoms with Gasteiger partial charge in [0.25, 0.3) is 0 Å². The molecule has 1 aliphatic carbocycles. The maximum absolute atomic E-state index is 13.0. The molecule has 1 aromatic carbocycles. The number of guanidine groups is 1. The first kappa shape index (κ1) is 13.8. The van der Waals surface area contributed by atoms with Crippen molar-refractivity contribution in [3.8, 4) is 0 Å². The van der Waals surface area contributed by atoms with E-state index in [-0.39, 0.29) is 5.82 Å². The molecule has 0 aromatic heterocycles. The second kappa shape index (κ2) is 6.55. The van der Waals surface area contributed by atoms with E-state index in [0.717, 1.165) is 36.6 Å². The largest absolute Gasteiger partial charge is 0.370 e. The van der Waals surface area contributed by atoms with Gasteiger partial charge in [0.15, 0.2) is 5.96 Å². The van der Waals surface area contributed by atoms with Crippen LogP contribution in [0.25, 0.3) is 0 Å². The highest BCUT2D eigenvalue weighted by atomic mass is 19.1. The Hall–Kier alpha value is -1.58. The molecular weight excluding hydrogens is 241 g/mol. The average Bonchev–Trinajstić information content (AvgIpc) is 2.30. The average molecular weight is 263 g/mol. The summed E-state index contributed by atoms with van der Waals surface area (Å²) in [5.41, 5.74) is 7.92. The first-order chi connectivity index (χ1) is 9.15. The van der Waals surface area contributed by atoms with Gasteiger partial charge in [-0.15, -0.1) is 0 Å². The van der Waals surface area contributed by atoms with Gasteiger partial charge in [-0.05, 0) is 55.4 Å². The molecule has 19 heavy (non-hydrogen) atoms. The topological polar surface area (TPSA) is 50.4 Å². The van der Waals surface area contributed by atoms with E-state index in [1.54, 1.807) is 6.07 Å². The lowest BCUT2D eigenvalue weighted by molar-refractivity contribution is 0.326. The van der Waals surface area contributed by atoms with E-state index < -0.39 is 0 Å². The first-order valence-corrected chi connectivity index (χ1v) is 6.94. The van der Waals surface area contributed by atoms with E-state index in [2.05, 4.69) is 10.3 Å². The van der Waals surface area contributed by atoms with E-state index in [1.165, 1.54) is 25.3 Å². The summed E-state index contributed by atoms with van der Waals surface area (Å²) in [7, 11) is 0. The SMILES string of the molecule is Cc1cc(F)ccc1CCNC(N)=NCC1CCC1. The van der Waals surface area contributed by atoms with Crippen LogP contribution >= 0.6 is 0 Å². The molecule has 0 aliphatic heterocycles. The van der Waals surface area contributed by atoms with Gasteiger partial charge in [0.2, 0.25) is 0 Å². The van der Waals surface area contributed by atoms with Crippen molar-refractivity contribution in [2.75, 3.05) is 13.1 Å². The smallest absolute Gasteiger partial charge is 0.188 e. The maximum atomic E-state index is 13.0. The molecule has 4 heteroatoms. The Labute approximate surface area is 114 Å². The normalized spacial score (nSPS) is 16.2. The summed E-state index contributed by atoms with van der Waals surface area (Å²) >= 11 is 0. The number of hydrogen-bond acceptors (Lipinski definition) is 1. The number of hydrogen-bond donors (Lipinski definition) is 2. The van der Waals surface area contributed by atoms with Crippen LogP contribution in [0, 0.1) is 18.7 Å². The summed E-state index contributed by atoms with van der Waals surface area (Å²) in [6.45, 7) is 3.49. The van der Waals surface area contributed by atoms with Gasteiger partial charge in [-0.25, -0.2) is 4.39 Å². The molecule has 0 radical (unpaired) electrons. The van der Waals surface area contributed by atoms with E-state index in [0.29, 0.717) is 5.96 Å². The standard InChI is InChI=1S/C15H22FN3/c1-11-9-14(16)6-5-13(11)7-8-18-15(17)19-10-12-3-2-4-12/h5-6,9,12H,2-4,7-8,10H2,1H3,(H3,17,18,19). The van der Waals surface area contributed by atoms with Gasteiger partial charge in [-0.3, -0.25) is 4.99 Å². The Kier molecular flexibility index (Phi) is 4.77. The molecule has 0 amide bonds. The molecule has 1 aliphatic rings. The summed E-state index contributed by atoms with van der Waals surface area (Å²) in [5.74, 6) is 1.07. The van der Waals surface area contributed by atoms with Crippen molar-refractivity contribution < 1.29 is 4.39 Å². The number of rotatable bonds is 5. The highest BCUT2D eigenvalue weighted by Gasteiger charge is 2.16. The van der Waals surface area contributed by atoms with Crippen molar-refractivity contribution in [2.45, 2.75) is 32.6 Å². The fourth-order valence-corrected chi connectivity index (χ4v) is 2.22. The minimum atomic E-state index is -0.184. The molecule has 0 atom stereocenters. The number of benzene rings is 1. The molecule has 0 bridgehead atoms. The zero-order valence-electron chi connectivity index (χ0n) is 11.5. The summed E-state index contributed by atoms with van der Waals surface area (Å²) in [4.78, 5) is 4.34. The minimum absolute atomic E-state index is 0.184. The lowest BCUT2D eigenvalue weighted by Gasteiger charge is -2.23. The van der Waals surface area contributed by atoms with Crippen LogP contribution < -0.4 is 11.1 Å². The minimum Gasteiger partial charge on any atom is -0.370 e. The van der Waals surface area contributed by atoms with Crippen LogP contribution in [0.4, 0.5) is 4.39 Å². The second-order valence-corrected chi connectivity index (χ2v) is 5.27. The molecule has 1 saturated carbocycles. The highest BCUT2D eigenvalue weighted by Crippen LogP contribution is 2.26. The lowest BCUT2D eigenvalue weighted by atomic mass is 9.86. The molecule has 1 fully saturated rings. The second-order valence-electron chi connectivity index (χ2n) is 5.27. The van der Waals surface area contributed by atoms with Crippen molar-refractivity contribution in [1.82, 2.24) is 5.32 Å². The van der Waals surface area contributed by atoms with Gasteiger partial charge in [0.1, 0.15) is 5.82 Å². The van der Waals surface area contributed by atoms with Gasteiger partial charge in [0, 0.05) is 13.1 Å². The van der Waals surface area contributed by atoms with Crippen LogP contribution in [0.3, 0.4) is 0 Å². The predicted octanol–water partition coefficient (Wildman–Crippen LogP) is 2.38. The number of aliphatic imine (C=N–C) groups is 1. The van der Waals surface area contributed by atoms with Crippen molar-refractivity contribution in [2.24, 2.45) is 16.6 Å². The fraction of sp³-hybridized carbons (Fsp3) is 0.533. The molecule has 3 N–H and O–H groups in total. The number of halogens is 1. The van der Waals surface area contributed by atoms with Gasteiger partial charge >= 0.3 is 0 Å². The fourth-order valence-electron chi connectivity index (χ4n) is 2.22. The first-order valence-electron chi connectivity index (χ1n) is 6.94. The van der Waals surface area contributed by atoms with Crippen LogP contribution in [0.1, 0.15) is 30.4 Å². The molecule has 0 unspecified atom stereocenters. The van der Waals surface area contributed by atoms with E-state index in [1.807, 2.05) is 13.0 Å². The van der Waals surface area contributed by atoms with Crippen molar-refractivity contribution in [1.29, 1.82) is 0 Å². The molecule has 1 aromatic rings. The van der Waals surface area contributed by atoms with Crippen LogP contribution in [0.5, 0.6) is 0 Å². The summed E-state index contributed by atoms with van der Waals surface area (Å²) in [6, 6.07) is 4.88. The highest BCUT2D eigenvalue weighted by molar-refractivity contribution is 5.77. The number of nitrogens with one attached hydrogen (secondary N) is 1. The van der Waals surface area contributed by atoms with Gasteiger partial charge in [-0.1, -0.05) is 12.5 Å². The Balaban J connectivity index is 1.72. The molecule has 2 rings (SSSR count).